The van der Waals surface area contributed by atoms with E-state index in [0.717, 1.165) is 24.1 Å². The highest BCUT2D eigenvalue weighted by atomic mass is 16.2. The van der Waals surface area contributed by atoms with Gasteiger partial charge in [0.1, 0.15) is 6.54 Å². The first kappa shape index (κ1) is 22.2. The summed E-state index contributed by atoms with van der Waals surface area (Å²) in [5.41, 5.74) is 3.08. The molecule has 3 aromatic rings. The van der Waals surface area contributed by atoms with E-state index in [9.17, 15) is 9.59 Å². The van der Waals surface area contributed by atoms with Crippen LogP contribution in [0.3, 0.4) is 0 Å². The van der Waals surface area contributed by atoms with Crippen molar-refractivity contribution in [3.8, 4) is 6.07 Å². The number of carbonyl (C=O) groups excluding carboxylic acids is 2. The van der Waals surface area contributed by atoms with Crippen molar-refractivity contribution < 1.29 is 9.59 Å². The van der Waals surface area contributed by atoms with Gasteiger partial charge in [-0.15, -0.1) is 0 Å². The maximum atomic E-state index is 13.4. The van der Waals surface area contributed by atoms with Gasteiger partial charge >= 0.3 is 6.03 Å². The maximum absolute atomic E-state index is 13.4. The molecule has 33 heavy (non-hydrogen) atoms. The number of benzene rings is 2. The largest absolute Gasteiger partial charge is 0.353 e. The molecule has 4 rings (SSSR count). The van der Waals surface area contributed by atoms with Crippen LogP contribution in [0.1, 0.15) is 29.7 Å². The lowest BCUT2D eigenvalue weighted by atomic mass is 10.2. The van der Waals surface area contributed by atoms with Gasteiger partial charge in [-0.2, -0.15) is 5.26 Å². The van der Waals surface area contributed by atoms with Crippen molar-refractivity contribution in [3.63, 3.8) is 0 Å². The van der Waals surface area contributed by atoms with Crippen molar-refractivity contribution in [2.75, 3.05) is 11.9 Å². The number of rotatable bonds is 8. The monoisotopic (exact) mass is 441 g/mol. The second-order valence-electron chi connectivity index (χ2n) is 8.33. The van der Waals surface area contributed by atoms with Crippen LogP contribution in [0, 0.1) is 11.3 Å². The fourth-order valence-corrected chi connectivity index (χ4v) is 3.75. The second-order valence-corrected chi connectivity index (χ2v) is 8.33. The van der Waals surface area contributed by atoms with Gasteiger partial charge in [0, 0.05) is 37.2 Å². The molecule has 1 aliphatic carbocycles. The molecule has 1 aromatic heterocycles. The summed E-state index contributed by atoms with van der Waals surface area (Å²) in [7, 11) is 1.96. The lowest BCUT2D eigenvalue weighted by Gasteiger charge is -2.28. The summed E-state index contributed by atoms with van der Waals surface area (Å²) in [5.74, 6) is -0.104. The topological polar surface area (TPSA) is 81.4 Å². The average molecular weight is 442 g/mol. The molecule has 0 unspecified atom stereocenters. The average Bonchev–Trinajstić information content (AvgIpc) is 3.59. The lowest BCUT2D eigenvalue weighted by Crippen LogP contribution is -2.45. The SMILES string of the molecule is Cn1cccc1CN(Cc1ccccc1)C(=O)CN(C(=O)Nc1cccc(C#N)c1)C1CC1. The molecule has 7 heteroatoms. The van der Waals surface area contributed by atoms with E-state index in [2.05, 4.69) is 11.4 Å². The van der Waals surface area contributed by atoms with Gasteiger partial charge in [0.25, 0.3) is 0 Å². The smallest absolute Gasteiger partial charge is 0.322 e. The summed E-state index contributed by atoms with van der Waals surface area (Å²) in [6, 6.07) is 22.4. The van der Waals surface area contributed by atoms with E-state index in [1.54, 1.807) is 34.1 Å². The van der Waals surface area contributed by atoms with Crippen LogP contribution in [-0.4, -0.2) is 38.9 Å². The first-order valence-electron chi connectivity index (χ1n) is 11.0. The van der Waals surface area contributed by atoms with Crippen molar-refractivity contribution in [1.82, 2.24) is 14.4 Å². The number of hydrogen-bond donors (Lipinski definition) is 1. The fourth-order valence-electron chi connectivity index (χ4n) is 3.75. The molecule has 0 radical (unpaired) electrons. The number of hydrogen-bond acceptors (Lipinski definition) is 3. The van der Waals surface area contributed by atoms with E-state index >= 15 is 0 Å². The predicted molar refractivity (Wildman–Crippen MR) is 126 cm³/mol. The lowest BCUT2D eigenvalue weighted by molar-refractivity contribution is -0.133. The molecule has 0 spiro atoms. The van der Waals surface area contributed by atoms with E-state index in [4.69, 9.17) is 5.26 Å². The molecule has 1 fully saturated rings. The van der Waals surface area contributed by atoms with Gasteiger partial charge in [0.15, 0.2) is 0 Å². The van der Waals surface area contributed by atoms with Crippen molar-refractivity contribution >= 4 is 17.6 Å². The van der Waals surface area contributed by atoms with Crippen LogP contribution in [0.4, 0.5) is 10.5 Å². The summed E-state index contributed by atoms with van der Waals surface area (Å²) >= 11 is 0. The van der Waals surface area contributed by atoms with Gasteiger partial charge in [-0.1, -0.05) is 36.4 Å². The zero-order chi connectivity index (χ0) is 23.2. The molecule has 0 aliphatic heterocycles. The van der Waals surface area contributed by atoms with Crippen LogP contribution in [0.25, 0.3) is 0 Å². The third-order valence-electron chi connectivity index (χ3n) is 5.77. The maximum Gasteiger partial charge on any atom is 0.322 e. The minimum Gasteiger partial charge on any atom is -0.353 e. The molecule has 3 amide bonds. The van der Waals surface area contributed by atoms with Gasteiger partial charge in [0.05, 0.1) is 18.2 Å². The summed E-state index contributed by atoms with van der Waals surface area (Å²) < 4.78 is 2.00. The van der Waals surface area contributed by atoms with E-state index in [0.29, 0.717) is 24.3 Å². The van der Waals surface area contributed by atoms with E-state index in [-0.39, 0.29) is 24.5 Å². The van der Waals surface area contributed by atoms with E-state index in [1.807, 2.05) is 60.3 Å². The van der Waals surface area contributed by atoms with Crippen molar-refractivity contribution in [3.05, 3.63) is 89.7 Å². The van der Waals surface area contributed by atoms with Gasteiger partial charge in [-0.25, -0.2) is 4.79 Å². The summed E-state index contributed by atoms with van der Waals surface area (Å²) in [4.78, 5) is 29.9. The third kappa shape index (κ3) is 5.80. The number of aryl methyl sites for hydroxylation is 1. The van der Waals surface area contributed by atoms with Crippen LogP contribution in [0.15, 0.2) is 72.9 Å². The highest BCUT2D eigenvalue weighted by Crippen LogP contribution is 2.28. The molecule has 1 aliphatic rings. The Morgan fingerprint density at radius 3 is 2.52 bits per heavy atom. The molecule has 168 valence electrons. The Labute approximate surface area is 193 Å². The number of amides is 3. The van der Waals surface area contributed by atoms with Crippen LogP contribution in [-0.2, 0) is 24.9 Å². The van der Waals surface area contributed by atoms with Crippen molar-refractivity contribution in [1.29, 1.82) is 5.26 Å². The molecule has 0 atom stereocenters. The Bertz CT molecular complexity index is 1160. The first-order valence-corrected chi connectivity index (χ1v) is 11.0. The Balaban J connectivity index is 1.49. The number of nitrogens with one attached hydrogen (secondary N) is 1. The number of nitriles is 1. The Morgan fingerprint density at radius 2 is 1.85 bits per heavy atom. The molecule has 0 saturated heterocycles. The highest BCUT2D eigenvalue weighted by molar-refractivity contribution is 5.93. The molecule has 7 nitrogen and oxygen atoms in total. The Kier molecular flexibility index (Phi) is 6.75. The van der Waals surface area contributed by atoms with Crippen LogP contribution >= 0.6 is 0 Å². The molecular formula is C26H27N5O2. The first-order chi connectivity index (χ1) is 16.0. The zero-order valence-corrected chi connectivity index (χ0v) is 18.6. The van der Waals surface area contributed by atoms with Gasteiger partial charge in [-0.05, 0) is 48.7 Å². The minimum atomic E-state index is -0.320. The highest BCUT2D eigenvalue weighted by Gasteiger charge is 2.35. The molecule has 2 aromatic carbocycles. The predicted octanol–water partition coefficient (Wildman–Crippen LogP) is 4.12. The molecule has 0 bridgehead atoms. The van der Waals surface area contributed by atoms with Crippen molar-refractivity contribution in [2.24, 2.45) is 7.05 Å². The molecule has 1 N–H and O–H groups in total. The van der Waals surface area contributed by atoms with Crippen LogP contribution < -0.4 is 5.32 Å². The molecular weight excluding hydrogens is 414 g/mol. The van der Waals surface area contributed by atoms with E-state index < -0.39 is 0 Å². The quantitative estimate of drug-likeness (QED) is 0.571. The summed E-state index contributed by atoms with van der Waals surface area (Å²) in [6.45, 7) is 0.933. The van der Waals surface area contributed by atoms with Gasteiger partial charge in [-0.3, -0.25) is 4.79 Å². The third-order valence-corrected chi connectivity index (χ3v) is 5.77. The Morgan fingerprint density at radius 1 is 1.06 bits per heavy atom. The minimum absolute atomic E-state index is 0.00565. The number of anilines is 1. The molecule has 1 heterocycles. The summed E-state index contributed by atoms with van der Waals surface area (Å²) in [6.07, 6.45) is 3.73. The molecule has 1 saturated carbocycles. The number of carbonyl (C=O) groups is 2. The number of aromatic nitrogens is 1. The van der Waals surface area contributed by atoms with E-state index in [1.165, 1.54) is 0 Å². The van der Waals surface area contributed by atoms with Gasteiger partial charge < -0.3 is 19.7 Å². The fraction of sp³-hybridized carbons (Fsp3) is 0.269. The Hall–Kier alpha value is -4.05. The van der Waals surface area contributed by atoms with Gasteiger partial charge in [0.2, 0.25) is 5.91 Å². The normalized spacial score (nSPS) is 12.6. The van der Waals surface area contributed by atoms with Crippen LogP contribution in [0.5, 0.6) is 0 Å². The van der Waals surface area contributed by atoms with Crippen LogP contribution in [0.2, 0.25) is 0 Å². The number of nitrogens with zero attached hydrogens (tertiary/aromatic N) is 4. The standard InChI is InChI=1S/C26H27N5O2/c1-29-14-6-11-24(29)18-30(17-20-7-3-2-4-8-20)25(32)19-31(23-12-13-23)26(33)28-22-10-5-9-21(15-22)16-27/h2-11,14-15,23H,12-13,17-19H2,1H3,(H,28,33). The number of urea groups is 1. The summed E-state index contributed by atoms with van der Waals surface area (Å²) in [5, 5.41) is 12.0. The van der Waals surface area contributed by atoms with Crippen molar-refractivity contribution in [2.45, 2.75) is 32.0 Å². The zero-order valence-electron chi connectivity index (χ0n) is 18.6. The second kappa shape index (κ2) is 10.0.